The summed E-state index contributed by atoms with van der Waals surface area (Å²) < 4.78 is 35.3. The third-order valence-corrected chi connectivity index (χ3v) is 4.30. The van der Waals surface area contributed by atoms with E-state index in [0.29, 0.717) is 5.56 Å². The summed E-state index contributed by atoms with van der Waals surface area (Å²) in [6.45, 7) is 0.236. The lowest BCUT2D eigenvalue weighted by atomic mass is 10.1. The van der Waals surface area contributed by atoms with Gasteiger partial charge in [-0.05, 0) is 17.7 Å². The minimum Gasteiger partial charge on any atom is -0.352 e. The van der Waals surface area contributed by atoms with Crippen LogP contribution in [0.1, 0.15) is 12.0 Å². The quantitative estimate of drug-likeness (QED) is 0.908. The largest absolute Gasteiger partial charge is 0.352 e. The number of carbonyl (C=O) groups is 1. The lowest BCUT2D eigenvalue weighted by molar-refractivity contribution is -0.121. The van der Waals surface area contributed by atoms with Crippen molar-refractivity contribution in [2.45, 2.75) is 13.0 Å². The van der Waals surface area contributed by atoms with E-state index in [1.807, 2.05) is 0 Å². The van der Waals surface area contributed by atoms with Gasteiger partial charge in [-0.15, -0.1) is 0 Å². The van der Waals surface area contributed by atoms with E-state index in [2.05, 4.69) is 5.32 Å². The average Bonchev–Trinajstić information content (AvgIpc) is 2.66. The summed E-state index contributed by atoms with van der Waals surface area (Å²) >= 11 is 0. The zero-order valence-corrected chi connectivity index (χ0v) is 11.0. The van der Waals surface area contributed by atoms with Crippen LogP contribution in [0.2, 0.25) is 0 Å². The van der Waals surface area contributed by atoms with E-state index < -0.39 is 9.84 Å². The zero-order valence-electron chi connectivity index (χ0n) is 10.2. The summed E-state index contributed by atoms with van der Waals surface area (Å²) in [6.07, 6.45) is 1.67. The number of benzene rings is 1. The van der Waals surface area contributed by atoms with Gasteiger partial charge in [0.05, 0.1) is 5.75 Å². The molecule has 102 valence electrons. The number of amides is 1. The molecule has 0 unspecified atom stereocenters. The molecule has 6 heteroatoms. The molecule has 0 aromatic heterocycles. The van der Waals surface area contributed by atoms with Gasteiger partial charge in [0.1, 0.15) is 5.82 Å². The molecule has 1 atom stereocenters. The Morgan fingerprint density at radius 3 is 2.84 bits per heavy atom. The molecule has 4 nitrogen and oxygen atoms in total. The van der Waals surface area contributed by atoms with Crippen LogP contribution in [0.15, 0.2) is 35.7 Å². The molecule has 1 heterocycles. The summed E-state index contributed by atoms with van der Waals surface area (Å²) in [7, 11) is -3.12. The van der Waals surface area contributed by atoms with E-state index in [1.165, 1.54) is 18.2 Å². The van der Waals surface area contributed by atoms with Gasteiger partial charge in [-0.1, -0.05) is 18.2 Å². The first kappa shape index (κ1) is 13.7. The Morgan fingerprint density at radius 2 is 2.21 bits per heavy atom. The normalized spacial score (nSPS) is 20.4. The molecule has 0 aliphatic carbocycles. The van der Waals surface area contributed by atoms with Crippen LogP contribution in [0.4, 0.5) is 4.39 Å². The standard InChI is InChI=1S/C13H14FNO3S/c14-12-3-1-2-10(6-12)8-15-13(16)7-11-4-5-19(17,18)9-11/h1-6,11H,7-9H2,(H,15,16)/t11-/m0/s1. The number of sulfone groups is 1. The summed E-state index contributed by atoms with van der Waals surface area (Å²) in [5, 5.41) is 3.80. The maximum Gasteiger partial charge on any atom is 0.220 e. The van der Waals surface area contributed by atoms with Crippen molar-refractivity contribution in [1.29, 1.82) is 0 Å². The molecule has 0 radical (unpaired) electrons. The molecule has 1 N–H and O–H groups in total. The third-order valence-electron chi connectivity index (χ3n) is 2.83. The SMILES string of the molecule is O=C(C[C@@H]1C=CS(=O)(=O)C1)NCc1cccc(F)c1. The first-order valence-corrected chi connectivity index (χ1v) is 7.58. The van der Waals surface area contributed by atoms with E-state index >= 15 is 0 Å². The van der Waals surface area contributed by atoms with Crippen LogP contribution in [0.3, 0.4) is 0 Å². The maximum absolute atomic E-state index is 12.9. The molecule has 1 aliphatic rings. The molecule has 1 amide bonds. The second-order valence-electron chi connectivity index (χ2n) is 4.53. The fraction of sp³-hybridized carbons (Fsp3) is 0.308. The van der Waals surface area contributed by atoms with Gasteiger partial charge in [0.25, 0.3) is 0 Å². The first-order valence-electron chi connectivity index (χ1n) is 5.87. The van der Waals surface area contributed by atoms with Crippen molar-refractivity contribution in [3.8, 4) is 0 Å². The van der Waals surface area contributed by atoms with E-state index in [1.54, 1.807) is 12.1 Å². The minimum absolute atomic E-state index is 0.0135. The molecular formula is C13H14FNO3S. The van der Waals surface area contributed by atoms with Crippen LogP contribution in [0.5, 0.6) is 0 Å². The molecule has 0 bridgehead atoms. The van der Waals surface area contributed by atoms with Gasteiger partial charge in [-0.25, -0.2) is 12.8 Å². The van der Waals surface area contributed by atoms with Crippen LogP contribution in [-0.4, -0.2) is 20.1 Å². The van der Waals surface area contributed by atoms with Gasteiger partial charge < -0.3 is 5.32 Å². The summed E-state index contributed by atoms with van der Waals surface area (Å²) in [6, 6.07) is 5.96. The molecule has 1 aliphatic heterocycles. The number of rotatable bonds is 4. The van der Waals surface area contributed by atoms with Gasteiger partial charge in [-0.2, -0.15) is 0 Å². The van der Waals surface area contributed by atoms with E-state index in [4.69, 9.17) is 0 Å². The molecule has 1 aromatic carbocycles. The lowest BCUT2D eigenvalue weighted by Gasteiger charge is -2.08. The number of carbonyl (C=O) groups excluding carboxylic acids is 1. The Balaban J connectivity index is 1.81. The number of hydrogen-bond acceptors (Lipinski definition) is 3. The van der Waals surface area contributed by atoms with E-state index in [0.717, 1.165) is 5.41 Å². The van der Waals surface area contributed by atoms with Gasteiger partial charge in [-0.3, -0.25) is 4.79 Å². The second kappa shape index (κ2) is 5.52. The van der Waals surface area contributed by atoms with Crippen LogP contribution < -0.4 is 5.32 Å². The van der Waals surface area contributed by atoms with Crippen LogP contribution >= 0.6 is 0 Å². The topological polar surface area (TPSA) is 63.2 Å². The summed E-state index contributed by atoms with van der Waals surface area (Å²) in [5.74, 6) is -0.870. The number of halogens is 1. The molecule has 0 fully saturated rings. The highest BCUT2D eigenvalue weighted by Gasteiger charge is 2.23. The maximum atomic E-state index is 12.9. The molecule has 19 heavy (non-hydrogen) atoms. The highest BCUT2D eigenvalue weighted by molar-refractivity contribution is 7.94. The predicted molar refractivity (Wildman–Crippen MR) is 69.3 cm³/mol. The van der Waals surface area contributed by atoms with Crippen molar-refractivity contribution in [3.63, 3.8) is 0 Å². The van der Waals surface area contributed by atoms with Gasteiger partial charge in [0.2, 0.25) is 5.91 Å². The Morgan fingerprint density at radius 1 is 1.42 bits per heavy atom. The molecule has 2 rings (SSSR count). The summed E-state index contributed by atoms with van der Waals surface area (Å²) in [4.78, 5) is 11.6. The van der Waals surface area contributed by atoms with Crippen molar-refractivity contribution in [3.05, 3.63) is 47.1 Å². The van der Waals surface area contributed by atoms with E-state index in [9.17, 15) is 17.6 Å². The highest BCUT2D eigenvalue weighted by atomic mass is 32.2. The van der Waals surface area contributed by atoms with Crippen molar-refractivity contribution in [2.24, 2.45) is 5.92 Å². The van der Waals surface area contributed by atoms with Crippen molar-refractivity contribution in [1.82, 2.24) is 5.32 Å². The Bertz CT molecular complexity index is 610. The predicted octanol–water partition coefficient (Wildman–Crippen LogP) is 1.39. The molecule has 0 saturated heterocycles. The van der Waals surface area contributed by atoms with Gasteiger partial charge in [0.15, 0.2) is 9.84 Å². The first-order chi connectivity index (χ1) is 8.94. The van der Waals surface area contributed by atoms with Crippen molar-refractivity contribution >= 4 is 15.7 Å². The van der Waals surface area contributed by atoms with Crippen molar-refractivity contribution in [2.75, 3.05) is 5.75 Å². The Kier molecular flexibility index (Phi) is 3.99. The molecular weight excluding hydrogens is 269 g/mol. The van der Waals surface area contributed by atoms with Crippen LogP contribution in [0.25, 0.3) is 0 Å². The molecule has 0 spiro atoms. The number of hydrogen-bond donors (Lipinski definition) is 1. The molecule has 1 aromatic rings. The lowest BCUT2D eigenvalue weighted by Crippen LogP contribution is -2.25. The number of allylic oxidation sites excluding steroid dienone is 1. The molecule has 0 saturated carbocycles. The average molecular weight is 283 g/mol. The number of nitrogens with one attached hydrogen (secondary N) is 1. The third kappa shape index (κ3) is 4.17. The van der Waals surface area contributed by atoms with Gasteiger partial charge >= 0.3 is 0 Å². The monoisotopic (exact) mass is 283 g/mol. The smallest absolute Gasteiger partial charge is 0.220 e. The van der Waals surface area contributed by atoms with E-state index in [-0.39, 0.29) is 36.4 Å². The van der Waals surface area contributed by atoms with Crippen LogP contribution in [0, 0.1) is 11.7 Å². The Labute approximate surface area is 111 Å². The second-order valence-corrected chi connectivity index (χ2v) is 6.46. The minimum atomic E-state index is -3.12. The fourth-order valence-corrected chi connectivity index (χ4v) is 3.32. The Hall–Kier alpha value is -1.69. The van der Waals surface area contributed by atoms with Crippen molar-refractivity contribution < 1.29 is 17.6 Å². The zero-order chi connectivity index (χ0) is 13.9. The van der Waals surface area contributed by atoms with Gasteiger partial charge in [0, 0.05) is 24.3 Å². The van der Waals surface area contributed by atoms with Crippen LogP contribution in [-0.2, 0) is 21.2 Å². The summed E-state index contributed by atoms with van der Waals surface area (Å²) in [5.41, 5.74) is 0.669. The fourth-order valence-electron chi connectivity index (χ4n) is 1.93. The highest BCUT2D eigenvalue weighted by Crippen LogP contribution is 2.18.